The van der Waals surface area contributed by atoms with Gasteiger partial charge in [0.15, 0.2) is 5.69 Å². The molecule has 0 radical (unpaired) electrons. The van der Waals surface area contributed by atoms with Gasteiger partial charge in [0, 0.05) is 11.9 Å². The standard InChI is InChI=1S/C16H15N3OS/c20-16(15-12-4-1-2-5-13(12)17-18-15)19-8-3-6-14(19)11-7-9-21-10-11/h1-2,4-5,7,9-10,14H,3,6,8H2,(H,17,18)/t14-/m0/s1. The third kappa shape index (κ3) is 2.05. The molecule has 0 aliphatic carbocycles. The van der Waals surface area contributed by atoms with Gasteiger partial charge >= 0.3 is 0 Å². The SMILES string of the molecule is O=C(c1n[nH]c2ccccc12)N1CCC[C@H]1c1ccsc1. The van der Waals surface area contributed by atoms with Gasteiger partial charge in [-0.15, -0.1) is 0 Å². The Morgan fingerprint density at radius 2 is 2.24 bits per heavy atom. The fourth-order valence-corrected chi connectivity index (χ4v) is 3.79. The number of benzene rings is 1. The minimum Gasteiger partial charge on any atom is -0.330 e. The van der Waals surface area contributed by atoms with Gasteiger partial charge in [-0.2, -0.15) is 16.4 Å². The summed E-state index contributed by atoms with van der Waals surface area (Å²) >= 11 is 1.68. The molecule has 1 aliphatic rings. The summed E-state index contributed by atoms with van der Waals surface area (Å²) in [6, 6.07) is 10.1. The predicted octanol–water partition coefficient (Wildman–Crippen LogP) is 3.60. The first-order valence-electron chi connectivity index (χ1n) is 7.11. The molecule has 1 fully saturated rings. The van der Waals surface area contributed by atoms with E-state index in [4.69, 9.17) is 0 Å². The number of nitrogens with zero attached hydrogens (tertiary/aromatic N) is 2. The molecule has 1 saturated heterocycles. The van der Waals surface area contributed by atoms with Crippen LogP contribution in [0.4, 0.5) is 0 Å². The quantitative estimate of drug-likeness (QED) is 0.785. The molecule has 0 bridgehead atoms. The van der Waals surface area contributed by atoms with Crippen molar-refractivity contribution in [2.75, 3.05) is 6.54 Å². The van der Waals surface area contributed by atoms with Crippen molar-refractivity contribution in [2.45, 2.75) is 18.9 Å². The van der Waals surface area contributed by atoms with Crippen LogP contribution in [-0.4, -0.2) is 27.5 Å². The zero-order chi connectivity index (χ0) is 14.2. The number of fused-ring (bicyclic) bond motifs is 1. The van der Waals surface area contributed by atoms with Gasteiger partial charge in [-0.1, -0.05) is 18.2 Å². The van der Waals surface area contributed by atoms with Gasteiger partial charge in [-0.25, -0.2) is 0 Å². The second kappa shape index (κ2) is 5.00. The average Bonchev–Trinajstić information content (AvgIpc) is 3.25. The van der Waals surface area contributed by atoms with Crippen molar-refractivity contribution in [3.05, 3.63) is 52.3 Å². The number of likely N-dealkylation sites (tertiary alicyclic amines) is 1. The van der Waals surface area contributed by atoms with Crippen LogP contribution in [0.15, 0.2) is 41.1 Å². The number of H-pyrrole nitrogens is 1. The molecule has 0 saturated carbocycles. The number of nitrogens with one attached hydrogen (secondary N) is 1. The first-order chi connectivity index (χ1) is 10.3. The fraction of sp³-hybridized carbons (Fsp3) is 0.250. The Balaban J connectivity index is 1.71. The van der Waals surface area contributed by atoms with E-state index in [1.165, 1.54) is 5.56 Å². The number of aromatic nitrogens is 2. The number of hydrogen-bond donors (Lipinski definition) is 1. The van der Waals surface area contributed by atoms with E-state index < -0.39 is 0 Å². The summed E-state index contributed by atoms with van der Waals surface area (Å²) in [4.78, 5) is 14.8. The Bertz CT molecular complexity index is 778. The van der Waals surface area contributed by atoms with Gasteiger partial charge < -0.3 is 4.90 Å². The molecule has 1 amide bonds. The van der Waals surface area contributed by atoms with Gasteiger partial charge in [0.05, 0.1) is 11.6 Å². The lowest BCUT2D eigenvalue weighted by Crippen LogP contribution is -2.30. The van der Waals surface area contributed by atoms with Crippen molar-refractivity contribution < 1.29 is 4.79 Å². The molecule has 4 nitrogen and oxygen atoms in total. The molecule has 1 atom stereocenters. The molecule has 2 aromatic heterocycles. The van der Waals surface area contributed by atoms with E-state index in [0.29, 0.717) is 5.69 Å². The smallest absolute Gasteiger partial charge is 0.275 e. The summed E-state index contributed by atoms with van der Waals surface area (Å²) in [6.45, 7) is 0.806. The van der Waals surface area contributed by atoms with Gasteiger partial charge in [-0.3, -0.25) is 9.89 Å². The number of hydrogen-bond acceptors (Lipinski definition) is 3. The number of carbonyl (C=O) groups excluding carboxylic acids is 1. The maximum atomic E-state index is 12.9. The number of rotatable bonds is 2. The molecule has 3 aromatic rings. The van der Waals surface area contributed by atoms with Gasteiger partial charge in [0.25, 0.3) is 5.91 Å². The van der Waals surface area contributed by atoms with Crippen LogP contribution in [-0.2, 0) is 0 Å². The molecule has 1 aliphatic heterocycles. The van der Waals surface area contributed by atoms with Gasteiger partial charge in [-0.05, 0) is 41.3 Å². The predicted molar refractivity (Wildman–Crippen MR) is 83.4 cm³/mol. The summed E-state index contributed by atoms with van der Waals surface area (Å²) < 4.78 is 0. The minimum atomic E-state index is 0.0288. The lowest BCUT2D eigenvalue weighted by Gasteiger charge is -2.23. The van der Waals surface area contributed by atoms with Crippen molar-refractivity contribution in [2.24, 2.45) is 0 Å². The Hall–Kier alpha value is -2.14. The third-order valence-corrected chi connectivity index (χ3v) is 4.82. The fourth-order valence-electron chi connectivity index (χ4n) is 3.08. The summed E-state index contributed by atoms with van der Waals surface area (Å²) in [5, 5.41) is 12.3. The molecule has 1 aromatic carbocycles. The van der Waals surface area contributed by atoms with Crippen LogP contribution in [0, 0.1) is 0 Å². The second-order valence-corrected chi connectivity index (χ2v) is 6.11. The Labute approximate surface area is 126 Å². The van der Waals surface area contributed by atoms with Crippen LogP contribution in [0.2, 0.25) is 0 Å². The minimum absolute atomic E-state index is 0.0288. The van der Waals surface area contributed by atoms with E-state index in [2.05, 4.69) is 27.0 Å². The van der Waals surface area contributed by atoms with Crippen LogP contribution in [0.3, 0.4) is 0 Å². The monoisotopic (exact) mass is 297 g/mol. The highest BCUT2D eigenvalue weighted by atomic mass is 32.1. The Morgan fingerprint density at radius 3 is 3.10 bits per heavy atom. The van der Waals surface area contributed by atoms with E-state index in [1.54, 1.807) is 11.3 Å². The van der Waals surface area contributed by atoms with Crippen molar-refractivity contribution in [3.8, 4) is 0 Å². The molecule has 0 unspecified atom stereocenters. The summed E-state index contributed by atoms with van der Waals surface area (Å²) in [5.41, 5.74) is 2.69. The van der Waals surface area contributed by atoms with Crippen molar-refractivity contribution in [1.29, 1.82) is 0 Å². The third-order valence-electron chi connectivity index (χ3n) is 4.11. The number of para-hydroxylation sites is 1. The van der Waals surface area contributed by atoms with Crippen molar-refractivity contribution in [1.82, 2.24) is 15.1 Å². The van der Waals surface area contributed by atoms with E-state index in [1.807, 2.05) is 29.2 Å². The lowest BCUT2D eigenvalue weighted by atomic mass is 10.1. The normalized spacial score (nSPS) is 18.5. The number of thiophene rings is 1. The Morgan fingerprint density at radius 1 is 1.33 bits per heavy atom. The van der Waals surface area contributed by atoms with E-state index in [9.17, 15) is 4.79 Å². The summed E-state index contributed by atoms with van der Waals surface area (Å²) in [6.07, 6.45) is 2.08. The summed E-state index contributed by atoms with van der Waals surface area (Å²) in [5.74, 6) is 0.0288. The van der Waals surface area contributed by atoms with Crippen LogP contribution in [0.1, 0.15) is 34.9 Å². The van der Waals surface area contributed by atoms with Gasteiger partial charge in [0.2, 0.25) is 0 Å². The first-order valence-corrected chi connectivity index (χ1v) is 8.05. The molecule has 1 N–H and O–H groups in total. The average molecular weight is 297 g/mol. The zero-order valence-electron chi connectivity index (χ0n) is 11.5. The van der Waals surface area contributed by atoms with Crippen LogP contribution < -0.4 is 0 Å². The highest BCUT2D eigenvalue weighted by Crippen LogP contribution is 2.34. The zero-order valence-corrected chi connectivity index (χ0v) is 12.3. The molecular formula is C16H15N3OS. The van der Waals surface area contributed by atoms with Crippen molar-refractivity contribution >= 4 is 28.1 Å². The maximum Gasteiger partial charge on any atom is 0.275 e. The maximum absolute atomic E-state index is 12.9. The van der Waals surface area contributed by atoms with E-state index in [0.717, 1.165) is 30.3 Å². The second-order valence-electron chi connectivity index (χ2n) is 5.33. The van der Waals surface area contributed by atoms with Gasteiger partial charge in [0.1, 0.15) is 0 Å². The number of amides is 1. The molecule has 21 heavy (non-hydrogen) atoms. The Kier molecular flexibility index (Phi) is 3.00. The van der Waals surface area contributed by atoms with Crippen LogP contribution in [0.25, 0.3) is 10.9 Å². The molecule has 106 valence electrons. The number of carbonyl (C=O) groups is 1. The largest absolute Gasteiger partial charge is 0.330 e. The molecule has 5 heteroatoms. The van der Waals surface area contributed by atoms with E-state index >= 15 is 0 Å². The van der Waals surface area contributed by atoms with Crippen LogP contribution >= 0.6 is 11.3 Å². The lowest BCUT2D eigenvalue weighted by molar-refractivity contribution is 0.0732. The first kappa shape index (κ1) is 12.6. The molecular weight excluding hydrogens is 282 g/mol. The number of aromatic amines is 1. The molecule has 3 heterocycles. The topological polar surface area (TPSA) is 49.0 Å². The molecule has 0 spiro atoms. The van der Waals surface area contributed by atoms with E-state index in [-0.39, 0.29) is 11.9 Å². The highest BCUT2D eigenvalue weighted by Gasteiger charge is 2.32. The molecule has 4 rings (SSSR count). The summed E-state index contributed by atoms with van der Waals surface area (Å²) in [7, 11) is 0. The highest BCUT2D eigenvalue weighted by molar-refractivity contribution is 7.08. The van der Waals surface area contributed by atoms with Crippen LogP contribution in [0.5, 0.6) is 0 Å². The van der Waals surface area contributed by atoms with Crippen molar-refractivity contribution in [3.63, 3.8) is 0 Å².